The van der Waals surface area contributed by atoms with Crippen molar-refractivity contribution in [3.05, 3.63) is 0 Å². The van der Waals surface area contributed by atoms with Gasteiger partial charge in [-0.2, -0.15) is 0 Å². The van der Waals surface area contributed by atoms with E-state index in [0.717, 1.165) is 18.4 Å². The first-order chi connectivity index (χ1) is 10.7. The molecular formula is C20H36NO+. The van der Waals surface area contributed by atoms with Crippen molar-refractivity contribution >= 4 is 5.78 Å². The molecule has 22 heavy (non-hydrogen) atoms. The lowest BCUT2D eigenvalue weighted by Crippen LogP contribution is -3.17. The Morgan fingerprint density at radius 1 is 0.818 bits per heavy atom. The average molecular weight is 307 g/mol. The van der Waals surface area contributed by atoms with Crippen molar-refractivity contribution in [1.82, 2.24) is 0 Å². The molecule has 2 aliphatic carbocycles. The third-order valence-corrected chi connectivity index (χ3v) is 7.03. The van der Waals surface area contributed by atoms with E-state index in [1.165, 1.54) is 83.6 Å². The molecule has 2 saturated carbocycles. The zero-order valence-corrected chi connectivity index (χ0v) is 14.6. The van der Waals surface area contributed by atoms with Crippen molar-refractivity contribution in [2.24, 2.45) is 17.8 Å². The second-order valence-electron chi connectivity index (χ2n) is 8.46. The Morgan fingerprint density at radius 3 is 2.14 bits per heavy atom. The monoisotopic (exact) mass is 306 g/mol. The molecule has 0 aromatic heterocycles. The summed E-state index contributed by atoms with van der Waals surface area (Å²) >= 11 is 0. The molecule has 0 bridgehead atoms. The van der Waals surface area contributed by atoms with E-state index in [1.807, 2.05) is 0 Å². The van der Waals surface area contributed by atoms with Crippen LogP contribution in [0.1, 0.15) is 84.0 Å². The normalized spacial score (nSPS) is 37.9. The van der Waals surface area contributed by atoms with Crippen molar-refractivity contribution in [3.63, 3.8) is 0 Å². The van der Waals surface area contributed by atoms with E-state index in [-0.39, 0.29) is 0 Å². The summed E-state index contributed by atoms with van der Waals surface area (Å²) < 4.78 is 0. The fourth-order valence-corrected chi connectivity index (χ4v) is 5.40. The number of quaternary nitrogens is 1. The van der Waals surface area contributed by atoms with Crippen molar-refractivity contribution in [2.75, 3.05) is 13.1 Å². The number of hydrogen-bond acceptors (Lipinski definition) is 1. The Balaban J connectivity index is 1.43. The topological polar surface area (TPSA) is 21.5 Å². The zero-order valence-electron chi connectivity index (χ0n) is 14.6. The average Bonchev–Trinajstić information content (AvgIpc) is 2.58. The van der Waals surface area contributed by atoms with Crippen molar-refractivity contribution in [3.8, 4) is 0 Å². The number of rotatable bonds is 4. The minimum Gasteiger partial charge on any atom is -0.327 e. The van der Waals surface area contributed by atoms with E-state index in [4.69, 9.17) is 0 Å². The second-order valence-corrected chi connectivity index (χ2v) is 8.46. The quantitative estimate of drug-likeness (QED) is 0.844. The molecule has 0 aromatic rings. The molecule has 2 unspecified atom stereocenters. The molecule has 2 nitrogen and oxygen atoms in total. The summed E-state index contributed by atoms with van der Waals surface area (Å²) in [7, 11) is 0. The molecule has 1 saturated heterocycles. The van der Waals surface area contributed by atoms with Gasteiger partial charge in [0.2, 0.25) is 0 Å². The highest BCUT2D eigenvalue weighted by atomic mass is 16.1. The minimum atomic E-state index is 0.404. The number of piperidine rings is 1. The summed E-state index contributed by atoms with van der Waals surface area (Å²) in [4.78, 5) is 14.2. The third kappa shape index (κ3) is 4.13. The number of hydrogen-bond donors (Lipinski definition) is 1. The van der Waals surface area contributed by atoms with Crippen molar-refractivity contribution < 1.29 is 9.69 Å². The van der Waals surface area contributed by atoms with Crippen molar-refractivity contribution in [2.45, 2.75) is 90.0 Å². The zero-order chi connectivity index (χ0) is 15.4. The van der Waals surface area contributed by atoms with Gasteiger partial charge >= 0.3 is 0 Å². The molecule has 0 spiro atoms. The van der Waals surface area contributed by atoms with Crippen LogP contribution < -0.4 is 4.90 Å². The summed E-state index contributed by atoms with van der Waals surface area (Å²) in [6, 6.07) is 0.705. The van der Waals surface area contributed by atoms with Gasteiger partial charge in [-0.25, -0.2) is 0 Å². The largest absolute Gasteiger partial charge is 0.327 e. The van der Waals surface area contributed by atoms with E-state index >= 15 is 0 Å². The summed E-state index contributed by atoms with van der Waals surface area (Å²) in [6.45, 7) is 4.38. The highest BCUT2D eigenvalue weighted by molar-refractivity contribution is 5.82. The van der Waals surface area contributed by atoms with E-state index in [2.05, 4.69) is 6.92 Å². The van der Waals surface area contributed by atoms with Crippen LogP contribution in [0.2, 0.25) is 0 Å². The molecule has 1 aliphatic heterocycles. The van der Waals surface area contributed by atoms with E-state index in [1.54, 1.807) is 4.90 Å². The molecule has 3 aliphatic rings. The van der Waals surface area contributed by atoms with Crippen LogP contribution in [0, 0.1) is 17.8 Å². The number of carbonyl (C=O) groups is 1. The molecule has 126 valence electrons. The van der Waals surface area contributed by atoms with Gasteiger partial charge in [-0.15, -0.1) is 0 Å². The van der Waals surface area contributed by atoms with Gasteiger partial charge < -0.3 is 4.90 Å². The van der Waals surface area contributed by atoms with Gasteiger partial charge in [0.05, 0.1) is 12.6 Å². The number of likely N-dealkylation sites (tertiary alicyclic amines) is 1. The molecule has 1 heterocycles. The highest BCUT2D eigenvalue weighted by Gasteiger charge is 2.33. The molecular weight excluding hydrogens is 270 g/mol. The molecule has 3 fully saturated rings. The Kier molecular flexibility index (Phi) is 5.95. The van der Waals surface area contributed by atoms with Gasteiger partial charge in [-0.3, -0.25) is 4.79 Å². The Morgan fingerprint density at radius 2 is 1.45 bits per heavy atom. The Bertz CT molecular complexity index is 353. The molecule has 1 N–H and O–H groups in total. The molecule has 2 atom stereocenters. The molecule has 0 amide bonds. The third-order valence-electron chi connectivity index (χ3n) is 7.03. The lowest BCUT2D eigenvalue weighted by molar-refractivity contribution is -0.921. The predicted molar refractivity (Wildman–Crippen MR) is 91.0 cm³/mol. The maximum absolute atomic E-state index is 12.7. The number of nitrogens with one attached hydrogen (secondary N) is 1. The lowest BCUT2D eigenvalue weighted by atomic mass is 9.70. The molecule has 0 aromatic carbocycles. The van der Waals surface area contributed by atoms with Crippen LogP contribution in [0.4, 0.5) is 0 Å². The van der Waals surface area contributed by atoms with Gasteiger partial charge in [-0.1, -0.05) is 32.1 Å². The van der Waals surface area contributed by atoms with Crippen LogP contribution in [0.3, 0.4) is 0 Å². The maximum Gasteiger partial charge on any atom is 0.189 e. The SMILES string of the molecule is CC1CCCC[NH+]1CC(=O)C1CCC(C2CCCCC2)CC1. The highest BCUT2D eigenvalue weighted by Crippen LogP contribution is 2.39. The van der Waals surface area contributed by atoms with Crippen LogP contribution in [0.15, 0.2) is 0 Å². The number of Topliss-reactive ketones (excluding diaryl/α,β-unsaturated/α-hetero) is 1. The van der Waals surface area contributed by atoms with E-state index < -0.39 is 0 Å². The van der Waals surface area contributed by atoms with Gasteiger partial charge in [0.1, 0.15) is 6.54 Å². The molecule has 2 heteroatoms. The van der Waals surface area contributed by atoms with Gasteiger partial charge in [-0.05, 0) is 63.7 Å². The van der Waals surface area contributed by atoms with Crippen LogP contribution in [0.5, 0.6) is 0 Å². The summed E-state index contributed by atoms with van der Waals surface area (Å²) in [5.74, 6) is 2.94. The number of ketones is 1. The van der Waals surface area contributed by atoms with Crippen LogP contribution >= 0.6 is 0 Å². The van der Waals surface area contributed by atoms with Gasteiger partial charge in [0, 0.05) is 5.92 Å². The standard InChI is InChI=1S/C20H35NO/c1-16-7-5-6-14-21(16)15-20(22)19-12-10-18(11-13-19)17-8-3-2-4-9-17/h16-19H,2-15H2,1H3/p+1. The van der Waals surface area contributed by atoms with E-state index in [0.29, 0.717) is 17.7 Å². The first-order valence-electron chi connectivity index (χ1n) is 10.1. The molecule has 3 rings (SSSR count). The van der Waals surface area contributed by atoms with Crippen molar-refractivity contribution in [1.29, 1.82) is 0 Å². The summed E-state index contributed by atoms with van der Waals surface area (Å²) in [5, 5.41) is 0. The van der Waals surface area contributed by atoms with Crippen LogP contribution in [-0.4, -0.2) is 24.9 Å². The van der Waals surface area contributed by atoms with Gasteiger partial charge in [0.25, 0.3) is 0 Å². The second kappa shape index (κ2) is 7.95. The first-order valence-corrected chi connectivity index (χ1v) is 10.1. The molecule has 0 radical (unpaired) electrons. The minimum absolute atomic E-state index is 0.404. The lowest BCUT2D eigenvalue weighted by Gasteiger charge is -2.36. The van der Waals surface area contributed by atoms with E-state index in [9.17, 15) is 4.79 Å². The number of carbonyl (C=O) groups excluding carboxylic acids is 1. The Labute approximate surface area is 137 Å². The fourth-order valence-electron chi connectivity index (χ4n) is 5.40. The Hall–Kier alpha value is -0.370. The van der Waals surface area contributed by atoms with Crippen LogP contribution in [-0.2, 0) is 4.79 Å². The summed E-state index contributed by atoms with van der Waals surface area (Å²) in [6.07, 6.45) is 16.4. The first kappa shape index (κ1) is 16.5. The smallest absolute Gasteiger partial charge is 0.189 e. The fraction of sp³-hybridized carbons (Fsp3) is 0.950. The van der Waals surface area contributed by atoms with Gasteiger partial charge in [0.15, 0.2) is 5.78 Å². The summed E-state index contributed by atoms with van der Waals surface area (Å²) in [5.41, 5.74) is 0. The van der Waals surface area contributed by atoms with Crippen LogP contribution in [0.25, 0.3) is 0 Å². The maximum atomic E-state index is 12.7. The predicted octanol–water partition coefficient (Wildman–Crippen LogP) is 3.40.